The molecule has 0 saturated heterocycles. The van der Waals surface area contributed by atoms with Crippen LogP contribution in [0.4, 0.5) is 4.79 Å². The molecule has 0 saturated carbocycles. The van der Waals surface area contributed by atoms with Crippen molar-refractivity contribution in [1.29, 1.82) is 0 Å². The third-order valence-electron chi connectivity index (χ3n) is 1.52. The molecule has 0 bridgehead atoms. The lowest BCUT2D eigenvalue weighted by molar-refractivity contribution is 0.0854. The molecule has 0 amide bonds. The molecule has 6 heteroatoms. The monoisotopic (exact) mass is 214 g/mol. The van der Waals surface area contributed by atoms with Crippen LogP contribution >= 0.6 is 0 Å². The van der Waals surface area contributed by atoms with Gasteiger partial charge in [0.1, 0.15) is 12.4 Å². The molecule has 84 valence electrons. The summed E-state index contributed by atoms with van der Waals surface area (Å²) in [5.74, 6) is 8.74. The van der Waals surface area contributed by atoms with E-state index in [4.69, 9.17) is 9.84 Å². The molecule has 0 spiro atoms. The van der Waals surface area contributed by atoms with Crippen LogP contribution in [0.5, 0.6) is 5.75 Å². The molecule has 0 aromatic heterocycles. The zero-order chi connectivity index (χ0) is 11.7. The number of carbonyl (C=O) groups is 1. The SMILES string of the molecule is COc1ccc(COC(=O)O)cc1.NN. The van der Waals surface area contributed by atoms with Crippen molar-refractivity contribution in [3.63, 3.8) is 0 Å². The summed E-state index contributed by atoms with van der Waals surface area (Å²) in [6.07, 6.45) is -1.27. The molecule has 0 unspecified atom stereocenters. The summed E-state index contributed by atoms with van der Waals surface area (Å²) in [5.41, 5.74) is 0.795. The Hall–Kier alpha value is -1.79. The van der Waals surface area contributed by atoms with Crippen LogP contribution in [0.25, 0.3) is 0 Å². The quantitative estimate of drug-likeness (QED) is 0.388. The van der Waals surface area contributed by atoms with Crippen LogP contribution in [0, 0.1) is 0 Å². The number of rotatable bonds is 3. The van der Waals surface area contributed by atoms with Gasteiger partial charge in [0, 0.05) is 0 Å². The Morgan fingerprint density at radius 1 is 1.33 bits per heavy atom. The molecule has 5 N–H and O–H groups in total. The first-order valence-corrected chi connectivity index (χ1v) is 4.04. The van der Waals surface area contributed by atoms with Crippen LogP contribution in [0.15, 0.2) is 24.3 Å². The number of hydrazine groups is 1. The Bertz CT molecular complexity index is 287. The van der Waals surface area contributed by atoms with Gasteiger partial charge in [-0.3, -0.25) is 11.7 Å². The molecule has 15 heavy (non-hydrogen) atoms. The fraction of sp³-hybridized carbons (Fsp3) is 0.222. The lowest BCUT2D eigenvalue weighted by Crippen LogP contribution is -2.02. The number of benzene rings is 1. The van der Waals surface area contributed by atoms with Crippen molar-refractivity contribution < 1.29 is 19.4 Å². The number of methoxy groups -OCH3 is 1. The zero-order valence-corrected chi connectivity index (χ0v) is 8.34. The van der Waals surface area contributed by atoms with Gasteiger partial charge in [0.15, 0.2) is 0 Å². The maximum atomic E-state index is 10.0. The molecule has 0 heterocycles. The van der Waals surface area contributed by atoms with E-state index in [-0.39, 0.29) is 6.61 Å². The second-order valence-corrected chi connectivity index (χ2v) is 2.40. The largest absolute Gasteiger partial charge is 0.506 e. The van der Waals surface area contributed by atoms with Crippen LogP contribution < -0.4 is 16.4 Å². The molecule has 0 atom stereocenters. The minimum atomic E-state index is -1.27. The van der Waals surface area contributed by atoms with E-state index < -0.39 is 6.16 Å². The van der Waals surface area contributed by atoms with Gasteiger partial charge in [-0.05, 0) is 17.7 Å². The van der Waals surface area contributed by atoms with Crippen LogP contribution in [0.2, 0.25) is 0 Å². The Balaban J connectivity index is 0.000000921. The van der Waals surface area contributed by atoms with Crippen LogP contribution in [0.1, 0.15) is 5.56 Å². The standard InChI is InChI=1S/C9H10O4.H4N2/c1-12-8-4-2-7(3-5-8)6-13-9(10)11;1-2/h2-5H,6H2,1H3,(H,10,11);1-2H2. The van der Waals surface area contributed by atoms with Gasteiger partial charge in [-0.2, -0.15) is 0 Å². The van der Waals surface area contributed by atoms with Crippen LogP contribution in [-0.4, -0.2) is 18.4 Å². The third kappa shape index (κ3) is 5.50. The maximum absolute atomic E-state index is 10.0. The summed E-state index contributed by atoms with van der Waals surface area (Å²) >= 11 is 0. The fourth-order valence-corrected chi connectivity index (χ4v) is 0.867. The van der Waals surface area contributed by atoms with Crippen molar-refractivity contribution in [1.82, 2.24) is 0 Å². The van der Waals surface area contributed by atoms with Gasteiger partial charge >= 0.3 is 6.16 Å². The minimum absolute atomic E-state index is 0.0688. The van der Waals surface area contributed by atoms with E-state index in [9.17, 15) is 4.79 Å². The van der Waals surface area contributed by atoms with E-state index in [1.165, 1.54) is 0 Å². The van der Waals surface area contributed by atoms with Crippen LogP contribution in [0.3, 0.4) is 0 Å². The first-order chi connectivity index (χ1) is 7.22. The second kappa shape index (κ2) is 7.60. The smallest absolute Gasteiger partial charge is 0.497 e. The number of hydrogen-bond donors (Lipinski definition) is 3. The van der Waals surface area contributed by atoms with Crippen molar-refractivity contribution in [2.75, 3.05) is 7.11 Å². The molecule has 1 rings (SSSR count). The summed E-state index contributed by atoms with van der Waals surface area (Å²) in [6.45, 7) is 0.0688. The highest BCUT2D eigenvalue weighted by atomic mass is 16.7. The van der Waals surface area contributed by atoms with Gasteiger partial charge < -0.3 is 14.6 Å². The van der Waals surface area contributed by atoms with Gasteiger partial charge in [0.25, 0.3) is 0 Å². The lowest BCUT2D eigenvalue weighted by atomic mass is 10.2. The summed E-state index contributed by atoms with van der Waals surface area (Å²) in [4.78, 5) is 10.0. The Morgan fingerprint density at radius 3 is 2.27 bits per heavy atom. The Morgan fingerprint density at radius 2 is 1.87 bits per heavy atom. The zero-order valence-electron chi connectivity index (χ0n) is 8.34. The molecule has 0 aliphatic rings. The van der Waals surface area contributed by atoms with Gasteiger partial charge in [-0.1, -0.05) is 12.1 Å². The summed E-state index contributed by atoms with van der Waals surface area (Å²) in [7, 11) is 1.57. The number of hydrogen-bond acceptors (Lipinski definition) is 5. The summed E-state index contributed by atoms with van der Waals surface area (Å²) in [5, 5.41) is 8.23. The molecule has 1 aromatic rings. The van der Waals surface area contributed by atoms with Crippen LogP contribution in [-0.2, 0) is 11.3 Å². The van der Waals surface area contributed by atoms with Gasteiger partial charge in [0.05, 0.1) is 7.11 Å². The predicted molar refractivity (Wildman–Crippen MR) is 54.2 cm³/mol. The highest BCUT2D eigenvalue weighted by Crippen LogP contribution is 2.11. The highest BCUT2D eigenvalue weighted by molar-refractivity contribution is 5.56. The van der Waals surface area contributed by atoms with Crippen molar-refractivity contribution in [3.05, 3.63) is 29.8 Å². The number of carboxylic acid groups (broad SMARTS) is 1. The topological polar surface area (TPSA) is 108 Å². The van der Waals surface area contributed by atoms with Gasteiger partial charge in [-0.25, -0.2) is 4.79 Å². The number of nitrogens with two attached hydrogens (primary N) is 2. The molecule has 6 nitrogen and oxygen atoms in total. The molecule has 1 aromatic carbocycles. The van der Waals surface area contributed by atoms with E-state index >= 15 is 0 Å². The molecular formula is C9H14N2O4. The van der Waals surface area contributed by atoms with E-state index in [0.29, 0.717) is 0 Å². The fourth-order valence-electron chi connectivity index (χ4n) is 0.867. The van der Waals surface area contributed by atoms with Crippen molar-refractivity contribution >= 4 is 6.16 Å². The average molecular weight is 214 g/mol. The predicted octanol–water partition coefficient (Wildman–Crippen LogP) is 0.709. The summed E-state index contributed by atoms with van der Waals surface area (Å²) in [6, 6.07) is 7.00. The van der Waals surface area contributed by atoms with Crippen molar-refractivity contribution in [2.24, 2.45) is 11.7 Å². The molecule has 0 radical (unpaired) electrons. The van der Waals surface area contributed by atoms with E-state index in [1.807, 2.05) is 0 Å². The van der Waals surface area contributed by atoms with E-state index in [0.717, 1.165) is 11.3 Å². The minimum Gasteiger partial charge on any atom is -0.497 e. The van der Waals surface area contributed by atoms with E-state index in [2.05, 4.69) is 16.4 Å². The lowest BCUT2D eigenvalue weighted by Gasteiger charge is -2.02. The second-order valence-electron chi connectivity index (χ2n) is 2.40. The first-order valence-electron chi connectivity index (χ1n) is 4.04. The molecule has 0 fully saturated rings. The van der Waals surface area contributed by atoms with E-state index in [1.54, 1.807) is 31.4 Å². The molecule has 0 aliphatic carbocycles. The molecular weight excluding hydrogens is 200 g/mol. The highest BCUT2D eigenvalue weighted by Gasteiger charge is 1.98. The average Bonchev–Trinajstić information content (AvgIpc) is 2.30. The third-order valence-corrected chi connectivity index (χ3v) is 1.52. The normalized spacial score (nSPS) is 8.47. The maximum Gasteiger partial charge on any atom is 0.506 e. The Kier molecular flexibility index (Phi) is 6.69. The van der Waals surface area contributed by atoms with Gasteiger partial charge in [0.2, 0.25) is 0 Å². The van der Waals surface area contributed by atoms with Gasteiger partial charge in [-0.15, -0.1) is 0 Å². The van der Waals surface area contributed by atoms with Crippen molar-refractivity contribution in [2.45, 2.75) is 6.61 Å². The Labute approximate surface area is 87.4 Å². The molecule has 0 aliphatic heterocycles. The number of ether oxygens (including phenoxy) is 2. The van der Waals surface area contributed by atoms with Crippen molar-refractivity contribution in [3.8, 4) is 5.75 Å². The summed E-state index contributed by atoms with van der Waals surface area (Å²) < 4.78 is 9.31. The first kappa shape index (κ1) is 13.2.